The van der Waals surface area contributed by atoms with E-state index in [0.717, 1.165) is 0 Å². The molecule has 1 aromatic rings. The van der Waals surface area contributed by atoms with Crippen molar-refractivity contribution in [1.29, 1.82) is 0 Å². The van der Waals surface area contributed by atoms with Gasteiger partial charge in [-0.2, -0.15) is 0 Å². The summed E-state index contributed by atoms with van der Waals surface area (Å²) in [6, 6.07) is 0. The van der Waals surface area contributed by atoms with Crippen molar-refractivity contribution in [3.05, 3.63) is 22.5 Å². The maximum Gasteiger partial charge on any atom is 0.305 e. The second-order valence-electron chi connectivity index (χ2n) is 4.61. The Bertz CT molecular complexity index is 426. The maximum atomic E-state index is 10.4. The molecule has 7 heteroatoms. The Morgan fingerprint density at radius 3 is 2.41 bits per heavy atom. The molecule has 1 aliphatic heterocycles. The third kappa shape index (κ3) is 2.05. The normalized spacial score (nSPS) is 18.0. The van der Waals surface area contributed by atoms with Crippen LogP contribution >= 0.6 is 0 Å². The van der Waals surface area contributed by atoms with E-state index < -0.39 is 10.5 Å². The third-order valence-electron chi connectivity index (χ3n) is 3.12. The standard InChI is InChI=1S/C10H14N4O3/c1-7(2)10(15)5-13(6-10)9-11-3-8(4-12-9)14(16)17/h3-4,7,15H,5-6H2,1-2H3. The molecule has 0 amide bonds. The van der Waals surface area contributed by atoms with Crippen LogP contribution in [-0.2, 0) is 0 Å². The number of aromatic nitrogens is 2. The van der Waals surface area contributed by atoms with E-state index in [1.807, 2.05) is 13.8 Å². The topological polar surface area (TPSA) is 92.4 Å². The molecular weight excluding hydrogens is 224 g/mol. The largest absolute Gasteiger partial charge is 0.386 e. The van der Waals surface area contributed by atoms with Gasteiger partial charge in [0.2, 0.25) is 5.95 Å². The molecule has 1 N–H and O–H groups in total. The average Bonchev–Trinajstić information content (AvgIpc) is 2.24. The Balaban J connectivity index is 2.04. The van der Waals surface area contributed by atoms with Crippen LogP contribution in [0.3, 0.4) is 0 Å². The third-order valence-corrected chi connectivity index (χ3v) is 3.12. The minimum atomic E-state index is -0.703. The molecule has 0 spiro atoms. The first-order valence-electron chi connectivity index (χ1n) is 5.36. The molecule has 0 atom stereocenters. The van der Waals surface area contributed by atoms with Crippen molar-refractivity contribution < 1.29 is 10.0 Å². The first-order chi connectivity index (χ1) is 7.92. The second kappa shape index (κ2) is 3.92. The maximum absolute atomic E-state index is 10.4. The number of aliphatic hydroxyl groups is 1. The number of β-amino-alcohol motifs (C(OH)–C–C–N with tert-alkyl or cyclic N) is 1. The lowest BCUT2D eigenvalue weighted by Crippen LogP contribution is -2.65. The van der Waals surface area contributed by atoms with Gasteiger partial charge in [0.25, 0.3) is 0 Å². The Morgan fingerprint density at radius 2 is 2.00 bits per heavy atom. The van der Waals surface area contributed by atoms with Crippen molar-refractivity contribution >= 4 is 11.6 Å². The van der Waals surface area contributed by atoms with Crippen LogP contribution in [0, 0.1) is 16.0 Å². The van der Waals surface area contributed by atoms with Gasteiger partial charge in [-0.1, -0.05) is 13.8 Å². The molecule has 0 aliphatic carbocycles. The fraction of sp³-hybridized carbons (Fsp3) is 0.600. The Morgan fingerprint density at radius 1 is 1.47 bits per heavy atom. The van der Waals surface area contributed by atoms with Crippen molar-refractivity contribution in [2.24, 2.45) is 5.92 Å². The van der Waals surface area contributed by atoms with Crippen LogP contribution in [0.2, 0.25) is 0 Å². The lowest BCUT2D eigenvalue weighted by molar-refractivity contribution is -0.385. The minimum Gasteiger partial charge on any atom is -0.386 e. The number of nitrogens with zero attached hydrogens (tertiary/aromatic N) is 4. The number of hydrogen-bond acceptors (Lipinski definition) is 6. The molecule has 2 heterocycles. The van der Waals surface area contributed by atoms with Crippen molar-refractivity contribution in [3.8, 4) is 0 Å². The predicted octanol–water partition coefficient (Wildman–Crippen LogP) is 0.592. The van der Waals surface area contributed by atoms with Crippen molar-refractivity contribution in [2.75, 3.05) is 18.0 Å². The molecule has 2 rings (SSSR count). The molecule has 0 radical (unpaired) electrons. The molecule has 1 aliphatic rings. The summed E-state index contributed by atoms with van der Waals surface area (Å²) < 4.78 is 0. The van der Waals surface area contributed by atoms with Crippen LogP contribution in [0.4, 0.5) is 11.6 Å². The fourth-order valence-electron chi connectivity index (χ4n) is 1.69. The Hall–Kier alpha value is -1.76. The highest BCUT2D eigenvalue weighted by Gasteiger charge is 2.44. The zero-order chi connectivity index (χ0) is 12.6. The number of nitro groups is 1. The monoisotopic (exact) mass is 238 g/mol. The summed E-state index contributed by atoms with van der Waals surface area (Å²) >= 11 is 0. The predicted molar refractivity (Wildman–Crippen MR) is 60.7 cm³/mol. The van der Waals surface area contributed by atoms with Crippen LogP contribution in [0.5, 0.6) is 0 Å². The van der Waals surface area contributed by atoms with Crippen LogP contribution < -0.4 is 4.90 Å². The molecule has 1 aromatic heterocycles. The molecule has 92 valence electrons. The first-order valence-corrected chi connectivity index (χ1v) is 5.36. The highest BCUT2D eigenvalue weighted by atomic mass is 16.6. The number of anilines is 1. The van der Waals surface area contributed by atoms with Crippen molar-refractivity contribution in [2.45, 2.75) is 19.4 Å². The van der Waals surface area contributed by atoms with Crippen LogP contribution in [0.25, 0.3) is 0 Å². The lowest BCUT2D eigenvalue weighted by atomic mass is 9.83. The average molecular weight is 238 g/mol. The van der Waals surface area contributed by atoms with Gasteiger partial charge in [-0.25, -0.2) is 9.97 Å². The van der Waals surface area contributed by atoms with Crippen molar-refractivity contribution in [3.63, 3.8) is 0 Å². The molecule has 17 heavy (non-hydrogen) atoms. The van der Waals surface area contributed by atoms with Gasteiger partial charge in [0.15, 0.2) is 0 Å². The van der Waals surface area contributed by atoms with Gasteiger partial charge in [0.05, 0.1) is 18.0 Å². The molecule has 0 bridgehead atoms. The van der Waals surface area contributed by atoms with Crippen LogP contribution in [0.15, 0.2) is 12.4 Å². The Kier molecular flexibility index (Phi) is 2.70. The van der Waals surface area contributed by atoms with Gasteiger partial charge >= 0.3 is 5.69 Å². The SMILES string of the molecule is CC(C)C1(O)CN(c2ncc([N+](=O)[O-])cn2)C1. The highest BCUT2D eigenvalue weighted by molar-refractivity contribution is 5.39. The van der Waals surface area contributed by atoms with E-state index in [0.29, 0.717) is 19.0 Å². The van der Waals surface area contributed by atoms with Crippen molar-refractivity contribution in [1.82, 2.24) is 9.97 Å². The number of rotatable bonds is 3. The zero-order valence-corrected chi connectivity index (χ0v) is 9.70. The van der Waals surface area contributed by atoms with Gasteiger partial charge in [-0.3, -0.25) is 10.1 Å². The summed E-state index contributed by atoms with van der Waals surface area (Å²) in [5.74, 6) is 0.581. The van der Waals surface area contributed by atoms with E-state index in [-0.39, 0.29) is 11.6 Å². The highest BCUT2D eigenvalue weighted by Crippen LogP contribution is 2.31. The summed E-state index contributed by atoms with van der Waals surface area (Å²) in [6.45, 7) is 4.83. The fourth-order valence-corrected chi connectivity index (χ4v) is 1.69. The van der Waals surface area contributed by atoms with Gasteiger partial charge in [-0.15, -0.1) is 0 Å². The van der Waals surface area contributed by atoms with E-state index in [9.17, 15) is 15.2 Å². The van der Waals surface area contributed by atoms with E-state index in [1.54, 1.807) is 4.90 Å². The first kappa shape index (κ1) is 11.7. The molecule has 0 saturated carbocycles. The summed E-state index contributed by atoms with van der Waals surface area (Å²) in [4.78, 5) is 19.5. The summed E-state index contributed by atoms with van der Waals surface area (Å²) in [5, 5.41) is 20.5. The number of hydrogen-bond donors (Lipinski definition) is 1. The summed E-state index contributed by atoms with van der Waals surface area (Å²) in [6.07, 6.45) is 2.35. The molecule has 1 fully saturated rings. The lowest BCUT2D eigenvalue weighted by Gasteiger charge is -2.48. The molecule has 0 unspecified atom stereocenters. The van der Waals surface area contributed by atoms with Gasteiger partial charge < -0.3 is 10.0 Å². The van der Waals surface area contributed by atoms with E-state index in [1.165, 1.54) is 12.4 Å². The summed E-state index contributed by atoms with van der Waals surface area (Å²) in [7, 11) is 0. The van der Waals surface area contributed by atoms with Gasteiger partial charge in [-0.05, 0) is 5.92 Å². The van der Waals surface area contributed by atoms with Gasteiger partial charge in [0, 0.05) is 0 Å². The molecule has 7 nitrogen and oxygen atoms in total. The molecular formula is C10H14N4O3. The van der Waals surface area contributed by atoms with E-state index in [2.05, 4.69) is 9.97 Å². The minimum absolute atomic E-state index is 0.131. The van der Waals surface area contributed by atoms with Crippen LogP contribution in [0.1, 0.15) is 13.8 Å². The van der Waals surface area contributed by atoms with E-state index in [4.69, 9.17) is 0 Å². The Labute approximate surface area is 98.3 Å². The van der Waals surface area contributed by atoms with Gasteiger partial charge in [0.1, 0.15) is 18.0 Å². The second-order valence-corrected chi connectivity index (χ2v) is 4.61. The zero-order valence-electron chi connectivity index (χ0n) is 9.70. The molecule has 0 aromatic carbocycles. The van der Waals surface area contributed by atoms with E-state index >= 15 is 0 Å². The summed E-state index contributed by atoms with van der Waals surface area (Å²) in [5.41, 5.74) is -0.834. The smallest absolute Gasteiger partial charge is 0.305 e. The van der Waals surface area contributed by atoms with Crippen LogP contribution in [-0.4, -0.2) is 38.7 Å². The molecule has 1 saturated heterocycles. The quantitative estimate of drug-likeness (QED) is 0.612.